The smallest absolute Gasteiger partial charge is 0.119 e. The predicted octanol–water partition coefficient (Wildman–Crippen LogP) is 3.82. The van der Waals surface area contributed by atoms with E-state index in [0.29, 0.717) is 6.61 Å². The summed E-state index contributed by atoms with van der Waals surface area (Å²) in [6.45, 7) is 1.32. The maximum Gasteiger partial charge on any atom is 0.119 e. The van der Waals surface area contributed by atoms with Crippen LogP contribution in [0.5, 0.6) is 5.75 Å². The lowest BCUT2D eigenvalue weighted by Gasteiger charge is -2.13. The maximum absolute atomic E-state index is 6.17. The van der Waals surface area contributed by atoms with E-state index in [-0.39, 0.29) is 18.4 Å². The highest BCUT2D eigenvalue weighted by Gasteiger charge is 2.05. The number of hydrogen-bond acceptors (Lipinski definition) is 3. The zero-order valence-corrected chi connectivity index (χ0v) is 13.6. The molecule has 1 atom stereocenters. The fourth-order valence-corrected chi connectivity index (χ4v) is 2.23. The number of hydrogen-bond donors (Lipinski definition) is 2. The molecule has 2 aromatic carbocycles. The van der Waals surface area contributed by atoms with Gasteiger partial charge in [0, 0.05) is 6.04 Å². The summed E-state index contributed by atoms with van der Waals surface area (Å²) >= 11 is 0. The summed E-state index contributed by atoms with van der Waals surface area (Å²) in [4.78, 5) is 0. The monoisotopic (exact) mass is 320 g/mol. The minimum Gasteiger partial charge on any atom is -0.489 e. The second kappa shape index (κ2) is 10.2. The quantitative estimate of drug-likeness (QED) is 0.727. The zero-order chi connectivity index (χ0) is 14.9. The van der Waals surface area contributed by atoms with Gasteiger partial charge in [-0.05, 0) is 42.6 Å². The normalized spacial score (nSPS) is 11.5. The topological polar surface area (TPSA) is 61.3 Å². The number of nitrogens with two attached hydrogens (primary N) is 2. The van der Waals surface area contributed by atoms with Crippen molar-refractivity contribution >= 4 is 12.4 Å². The highest BCUT2D eigenvalue weighted by atomic mass is 35.5. The van der Waals surface area contributed by atoms with Gasteiger partial charge < -0.3 is 16.2 Å². The fourth-order valence-electron chi connectivity index (χ4n) is 2.23. The van der Waals surface area contributed by atoms with Crippen molar-refractivity contribution in [3.8, 4) is 5.75 Å². The van der Waals surface area contributed by atoms with Gasteiger partial charge in [0.25, 0.3) is 0 Å². The molecule has 0 saturated heterocycles. The van der Waals surface area contributed by atoms with Crippen LogP contribution in [0.1, 0.15) is 36.4 Å². The Bertz CT molecular complexity index is 516. The van der Waals surface area contributed by atoms with Crippen molar-refractivity contribution in [1.82, 2.24) is 0 Å². The Hall–Kier alpha value is -1.55. The van der Waals surface area contributed by atoms with Crippen LogP contribution in [0.3, 0.4) is 0 Å². The molecule has 0 saturated carbocycles. The lowest BCUT2D eigenvalue weighted by Crippen LogP contribution is -2.11. The second-order valence-corrected chi connectivity index (χ2v) is 5.23. The molecule has 0 aliphatic carbocycles. The molecule has 0 heterocycles. The van der Waals surface area contributed by atoms with Gasteiger partial charge in [0.2, 0.25) is 0 Å². The van der Waals surface area contributed by atoms with Crippen LogP contribution >= 0.6 is 12.4 Å². The van der Waals surface area contributed by atoms with Crippen LogP contribution in [-0.2, 0) is 6.61 Å². The van der Waals surface area contributed by atoms with Gasteiger partial charge in [-0.3, -0.25) is 0 Å². The van der Waals surface area contributed by atoms with Crippen LogP contribution in [-0.4, -0.2) is 6.54 Å². The average Bonchev–Trinajstić information content (AvgIpc) is 2.54. The largest absolute Gasteiger partial charge is 0.489 e. The molecule has 2 rings (SSSR count). The van der Waals surface area contributed by atoms with Crippen molar-refractivity contribution in [2.24, 2.45) is 11.5 Å². The molecule has 4 heteroatoms. The molecule has 0 spiro atoms. The van der Waals surface area contributed by atoms with Crippen molar-refractivity contribution in [3.63, 3.8) is 0 Å². The number of rotatable bonds is 8. The van der Waals surface area contributed by atoms with Gasteiger partial charge in [-0.1, -0.05) is 48.9 Å². The predicted molar refractivity (Wildman–Crippen MR) is 94.3 cm³/mol. The molecule has 4 N–H and O–H groups in total. The van der Waals surface area contributed by atoms with Crippen LogP contribution in [0.4, 0.5) is 0 Å². The van der Waals surface area contributed by atoms with Crippen molar-refractivity contribution < 1.29 is 4.74 Å². The summed E-state index contributed by atoms with van der Waals surface area (Å²) in [5.74, 6) is 0.872. The van der Waals surface area contributed by atoms with Gasteiger partial charge in [0.15, 0.2) is 0 Å². The first-order chi connectivity index (χ1) is 10.3. The van der Waals surface area contributed by atoms with Gasteiger partial charge in [0.1, 0.15) is 12.4 Å². The molecular weight excluding hydrogens is 296 g/mol. The summed E-state index contributed by atoms with van der Waals surface area (Å²) in [6.07, 6.45) is 3.08. The first kappa shape index (κ1) is 18.5. The lowest BCUT2D eigenvalue weighted by molar-refractivity contribution is 0.306. The Kier molecular flexibility index (Phi) is 8.60. The van der Waals surface area contributed by atoms with Gasteiger partial charge in [-0.2, -0.15) is 0 Å². The van der Waals surface area contributed by atoms with Gasteiger partial charge in [-0.25, -0.2) is 0 Å². The van der Waals surface area contributed by atoms with E-state index in [9.17, 15) is 0 Å². The minimum absolute atomic E-state index is 0. The number of ether oxygens (including phenoxy) is 1. The van der Waals surface area contributed by atoms with Crippen molar-refractivity contribution in [2.45, 2.75) is 31.9 Å². The summed E-state index contributed by atoms with van der Waals surface area (Å²) in [7, 11) is 0. The molecular formula is C18H25ClN2O. The van der Waals surface area contributed by atoms with Crippen molar-refractivity contribution in [1.29, 1.82) is 0 Å². The van der Waals surface area contributed by atoms with E-state index in [1.807, 2.05) is 42.5 Å². The molecule has 3 nitrogen and oxygen atoms in total. The third-order valence-electron chi connectivity index (χ3n) is 3.53. The van der Waals surface area contributed by atoms with Crippen LogP contribution in [0.25, 0.3) is 0 Å². The Balaban J connectivity index is 0.00000242. The third-order valence-corrected chi connectivity index (χ3v) is 3.53. The molecule has 0 aromatic heterocycles. The SMILES string of the molecule is Cl.NCCCC[C@@H](N)c1ccc(OCc2ccccc2)cc1. The summed E-state index contributed by atoms with van der Waals surface area (Å²) in [5, 5.41) is 0. The maximum atomic E-state index is 6.17. The molecule has 2 aromatic rings. The van der Waals surface area contributed by atoms with E-state index in [1.165, 1.54) is 5.56 Å². The minimum atomic E-state index is 0. The number of benzene rings is 2. The summed E-state index contributed by atoms with van der Waals surface area (Å²) in [5.41, 5.74) is 14.0. The average molecular weight is 321 g/mol. The number of halogens is 1. The standard InChI is InChI=1S/C18H24N2O.ClH/c19-13-5-4-8-18(20)16-9-11-17(12-10-16)21-14-15-6-2-1-3-7-15;/h1-3,6-7,9-12,18H,4-5,8,13-14,19-20H2;1H/t18-;/m1./s1. The molecule has 0 bridgehead atoms. The van der Waals surface area contributed by atoms with Gasteiger partial charge >= 0.3 is 0 Å². The Morgan fingerprint density at radius 2 is 1.59 bits per heavy atom. The lowest BCUT2D eigenvalue weighted by atomic mass is 10.0. The van der Waals surface area contributed by atoms with Crippen LogP contribution in [0, 0.1) is 0 Å². The molecule has 0 aliphatic rings. The van der Waals surface area contributed by atoms with Crippen LogP contribution < -0.4 is 16.2 Å². The molecule has 0 aliphatic heterocycles. The number of unbranched alkanes of at least 4 members (excludes halogenated alkanes) is 1. The highest BCUT2D eigenvalue weighted by Crippen LogP contribution is 2.20. The van der Waals surface area contributed by atoms with E-state index in [1.54, 1.807) is 0 Å². The van der Waals surface area contributed by atoms with E-state index in [2.05, 4.69) is 12.1 Å². The van der Waals surface area contributed by atoms with E-state index < -0.39 is 0 Å². The molecule has 22 heavy (non-hydrogen) atoms. The van der Waals surface area contributed by atoms with Gasteiger partial charge in [0.05, 0.1) is 0 Å². The second-order valence-electron chi connectivity index (χ2n) is 5.23. The van der Waals surface area contributed by atoms with Crippen LogP contribution in [0.15, 0.2) is 54.6 Å². The molecule has 0 unspecified atom stereocenters. The van der Waals surface area contributed by atoms with E-state index >= 15 is 0 Å². The van der Waals surface area contributed by atoms with Crippen molar-refractivity contribution in [2.75, 3.05) is 6.54 Å². The molecule has 0 fully saturated rings. The zero-order valence-electron chi connectivity index (χ0n) is 12.8. The van der Waals surface area contributed by atoms with E-state index in [4.69, 9.17) is 16.2 Å². The first-order valence-corrected chi connectivity index (χ1v) is 7.52. The third kappa shape index (κ3) is 6.06. The molecule has 0 amide bonds. The Labute approximate surface area is 139 Å². The Morgan fingerprint density at radius 3 is 2.23 bits per heavy atom. The van der Waals surface area contributed by atoms with Crippen LogP contribution in [0.2, 0.25) is 0 Å². The summed E-state index contributed by atoms with van der Waals surface area (Å²) < 4.78 is 5.77. The molecule has 0 radical (unpaired) electrons. The fraction of sp³-hybridized carbons (Fsp3) is 0.333. The highest BCUT2D eigenvalue weighted by molar-refractivity contribution is 5.85. The molecule has 120 valence electrons. The first-order valence-electron chi connectivity index (χ1n) is 7.52. The Morgan fingerprint density at radius 1 is 0.909 bits per heavy atom. The summed E-state index contributed by atoms with van der Waals surface area (Å²) in [6, 6.07) is 18.3. The van der Waals surface area contributed by atoms with Gasteiger partial charge in [-0.15, -0.1) is 12.4 Å². The van der Waals surface area contributed by atoms with E-state index in [0.717, 1.165) is 37.1 Å². The van der Waals surface area contributed by atoms with Crippen molar-refractivity contribution in [3.05, 3.63) is 65.7 Å².